The molecular weight excluding hydrogens is 494 g/mol. The maximum absolute atomic E-state index is 11.3. The Hall–Kier alpha value is -2.78. The fraction of sp³-hybridized carbons (Fsp3) is 0.464. The van der Waals surface area contributed by atoms with E-state index in [1.54, 1.807) is 13.2 Å². The highest BCUT2D eigenvalue weighted by Gasteiger charge is 2.42. The first-order valence-corrected chi connectivity index (χ1v) is 12.9. The van der Waals surface area contributed by atoms with Crippen LogP contribution >= 0.6 is 11.6 Å². The Morgan fingerprint density at radius 1 is 1.08 bits per heavy atom. The lowest BCUT2D eigenvalue weighted by atomic mass is 9.90. The molecule has 0 amide bonds. The fourth-order valence-corrected chi connectivity index (χ4v) is 4.71. The van der Waals surface area contributed by atoms with Crippen LogP contribution in [0.1, 0.15) is 29.5 Å². The second kappa shape index (κ2) is 12.2. The van der Waals surface area contributed by atoms with Crippen LogP contribution in [-0.2, 0) is 13.1 Å². The van der Waals surface area contributed by atoms with E-state index in [4.69, 9.17) is 25.8 Å². The van der Waals surface area contributed by atoms with Crippen molar-refractivity contribution in [2.24, 2.45) is 0 Å². The number of rotatable bonds is 11. The van der Waals surface area contributed by atoms with E-state index < -0.39 is 11.7 Å². The van der Waals surface area contributed by atoms with Gasteiger partial charge >= 0.3 is 0 Å². The normalized spacial score (nSPS) is 20.1. The summed E-state index contributed by atoms with van der Waals surface area (Å²) in [5, 5.41) is 26.7. The Morgan fingerprint density at radius 2 is 1.92 bits per heavy atom. The number of aliphatic hydroxyl groups is 2. The fourth-order valence-electron chi connectivity index (χ4n) is 4.53. The van der Waals surface area contributed by atoms with Crippen LogP contribution in [0.5, 0.6) is 17.2 Å². The van der Waals surface area contributed by atoms with Gasteiger partial charge in [-0.25, -0.2) is 0 Å². The standard InChI is InChI=1S/C28H36ClN3O5/c1-20-5-7-23(29)25(13-20)37-19-28(34)18-31(11-9-27(28)33)17-22-6-8-24(35-3)26(14-22)36-12-4-10-32-16-21(2)15-30-32/h5-8,13-16,27,33-34H,4,9-12,17-19H2,1-3H3/t27-,28?/m0/s1. The van der Waals surface area contributed by atoms with E-state index in [1.807, 2.05) is 61.3 Å². The van der Waals surface area contributed by atoms with Crippen LogP contribution in [0.4, 0.5) is 0 Å². The molecule has 0 radical (unpaired) electrons. The molecule has 200 valence electrons. The first-order valence-electron chi connectivity index (χ1n) is 12.6. The van der Waals surface area contributed by atoms with Crippen molar-refractivity contribution in [2.75, 3.05) is 33.4 Å². The molecule has 2 atom stereocenters. The Bertz CT molecular complexity index is 1190. The van der Waals surface area contributed by atoms with E-state index in [0.29, 0.717) is 48.4 Å². The molecule has 1 saturated heterocycles. The van der Waals surface area contributed by atoms with Crippen molar-refractivity contribution >= 4 is 11.6 Å². The number of piperidine rings is 1. The molecule has 1 aliphatic heterocycles. The second-order valence-electron chi connectivity index (χ2n) is 9.81. The summed E-state index contributed by atoms with van der Waals surface area (Å²) in [6.45, 7) is 6.74. The van der Waals surface area contributed by atoms with E-state index in [9.17, 15) is 10.2 Å². The van der Waals surface area contributed by atoms with Crippen LogP contribution in [0.25, 0.3) is 0 Å². The van der Waals surface area contributed by atoms with Crippen LogP contribution in [0, 0.1) is 13.8 Å². The van der Waals surface area contributed by atoms with Gasteiger partial charge in [0.2, 0.25) is 0 Å². The summed E-state index contributed by atoms with van der Waals surface area (Å²) in [6.07, 6.45) is 4.22. The van der Waals surface area contributed by atoms with Gasteiger partial charge in [0.05, 0.1) is 31.0 Å². The summed E-state index contributed by atoms with van der Waals surface area (Å²) >= 11 is 6.24. The molecule has 2 N–H and O–H groups in total. The summed E-state index contributed by atoms with van der Waals surface area (Å²) in [5.74, 6) is 1.85. The molecule has 0 bridgehead atoms. The lowest BCUT2D eigenvalue weighted by molar-refractivity contribution is -0.140. The maximum atomic E-state index is 11.3. The molecule has 1 aromatic heterocycles. The summed E-state index contributed by atoms with van der Waals surface area (Å²) in [5.41, 5.74) is 1.76. The van der Waals surface area contributed by atoms with Crippen molar-refractivity contribution in [3.8, 4) is 17.2 Å². The van der Waals surface area contributed by atoms with Crippen molar-refractivity contribution in [3.05, 3.63) is 70.5 Å². The van der Waals surface area contributed by atoms with E-state index in [0.717, 1.165) is 29.7 Å². The molecule has 1 aliphatic rings. The number of β-amino-alcohol motifs (C(OH)–C–C–N with tert-alkyl or cyclic N) is 1. The first kappa shape index (κ1) is 27.3. The highest BCUT2D eigenvalue weighted by Crippen LogP contribution is 2.31. The summed E-state index contributed by atoms with van der Waals surface area (Å²) in [6, 6.07) is 11.4. The van der Waals surface area contributed by atoms with E-state index in [-0.39, 0.29) is 13.2 Å². The molecule has 2 heterocycles. The van der Waals surface area contributed by atoms with E-state index in [1.165, 1.54) is 0 Å². The second-order valence-corrected chi connectivity index (χ2v) is 10.2. The number of nitrogens with zero attached hydrogens (tertiary/aromatic N) is 3. The predicted molar refractivity (Wildman–Crippen MR) is 143 cm³/mol. The van der Waals surface area contributed by atoms with Crippen LogP contribution in [0.3, 0.4) is 0 Å². The molecule has 1 unspecified atom stereocenters. The molecule has 0 aliphatic carbocycles. The molecule has 4 rings (SSSR count). The minimum atomic E-state index is -1.41. The molecule has 3 aromatic rings. The average molecular weight is 530 g/mol. The molecule has 37 heavy (non-hydrogen) atoms. The van der Waals surface area contributed by atoms with E-state index >= 15 is 0 Å². The number of methoxy groups -OCH3 is 1. The average Bonchev–Trinajstić information content (AvgIpc) is 3.30. The number of aromatic nitrogens is 2. The number of hydrogen-bond donors (Lipinski definition) is 2. The van der Waals surface area contributed by atoms with Gasteiger partial charge in [-0.2, -0.15) is 5.10 Å². The zero-order valence-corrected chi connectivity index (χ0v) is 22.4. The highest BCUT2D eigenvalue weighted by atomic mass is 35.5. The third-order valence-electron chi connectivity index (χ3n) is 6.59. The Morgan fingerprint density at radius 3 is 2.68 bits per heavy atom. The summed E-state index contributed by atoms with van der Waals surface area (Å²) < 4.78 is 19.3. The smallest absolute Gasteiger partial charge is 0.161 e. The number of hydrogen-bond acceptors (Lipinski definition) is 7. The molecule has 9 heteroatoms. The number of halogens is 1. The Balaban J connectivity index is 1.35. The van der Waals surface area contributed by atoms with Crippen molar-refractivity contribution in [1.82, 2.24) is 14.7 Å². The van der Waals surface area contributed by atoms with Crippen molar-refractivity contribution in [1.29, 1.82) is 0 Å². The van der Waals surface area contributed by atoms with Gasteiger partial charge in [0, 0.05) is 38.8 Å². The van der Waals surface area contributed by atoms with E-state index in [2.05, 4.69) is 10.00 Å². The molecule has 0 saturated carbocycles. The van der Waals surface area contributed by atoms with Crippen LogP contribution < -0.4 is 14.2 Å². The van der Waals surface area contributed by atoms with Crippen LogP contribution in [0.15, 0.2) is 48.8 Å². The quantitative estimate of drug-likeness (QED) is 0.363. The van der Waals surface area contributed by atoms with Gasteiger partial charge in [-0.3, -0.25) is 9.58 Å². The number of aryl methyl sites for hydroxylation is 3. The van der Waals surface area contributed by atoms with Gasteiger partial charge in [-0.1, -0.05) is 23.7 Å². The van der Waals surface area contributed by atoms with Gasteiger partial charge in [0.15, 0.2) is 11.5 Å². The van der Waals surface area contributed by atoms with Gasteiger partial charge in [0.25, 0.3) is 0 Å². The number of likely N-dealkylation sites (tertiary alicyclic amines) is 1. The zero-order valence-electron chi connectivity index (χ0n) is 21.7. The predicted octanol–water partition coefficient (Wildman–Crippen LogP) is 4.01. The number of benzene rings is 2. The molecular formula is C28H36ClN3O5. The Kier molecular flexibility index (Phi) is 8.97. The minimum Gasteiger partial charge on any atom is -0.493 e. The molecule has 2 aromatic carbocycles. The van der Waals surface area contributed by atoms with Gasteiger partial charge in [-0.05, 0) is 61.2 Å². The maximum Gasteiger partial charge on any atom is 0.161 e. The lowest BCUT2D eigenvalue weighted by Crippen LogP contribution is -2.59. The largest absolute Gasteiger partial charge is 0.493 e. The zero-order chi connectivity index (χ0) is 26.4. The highest BCUT2D eigenvalue weighted by molar-refractivity contribution is 6.32. The summed E-state index contributed by atoms with van der Waals surface area (Å²) in [4.78, 5) is 2.11. The van der Waals surface area contributed by atoms with Crippen molar-refractivity contribution in [2.45, 2.75) is 51.5 Å². The molecule has 1 fully saturated rings. The van der Waals surface area contributed by atoms with Gasteiger partial charge in [-0.15, -0.1) is 0 Å². The number of aliphatic hydroxyl groups excluding tert-OH is 1. The minimum absolute atomic E-state index is 0.0550. The van der Waals surface area contributed by atoms with Crippen LogP contribution in [-0.4, -0.2) is 70.0 Å². The lowest BCUT2D eigenvalue weighted by Gasteiger charge is -2.42. The van der Waals surface area contributed by atoms with Crippen LogP contribution in [0.2, 0.25) is 5.02 Å². The third-order valence-corrected chi connectivity index (χ3v) is 6.90. The van der Waals surface area contributed by atoms with Crippen molar-refractivity contribution < 1.29 is 24.4 Å². The summed E-state index contributed by atoms with van der Waals surface area (Å²) in [7, 11) is 1.63. The third kappa shape index (κ3) is 7.17. The Labute approximate surface area is 223 Å². The van der Waals surface area contributed by atoms with Gasteiger partial charge in [0.1, 0.15) is 18.0 Å². The van der Waals surface area contributed by atoms with Crippen molar-refractivity contribution in [3.63, 3.8) is 0 Å². The number of ether oxygens (including phenoxy) is 3. The molecule has 0 spiro atoms. The topological polar surface area (TPSA) is 89.2 Å². The molecule has 8 nitrogen and oxygen atoms in total. The SMILES string of the molecule is COc1ccc(CN2CC[C@H](O)C(O)(COc3cc(C)ccc3Cl)C2)cc1OCCCn1cc(C)cn1. The first-order chi connectivity index (χ1) is 17.8. The van der Waals surface area contributed by atoms with Gasteiger partial charge < -0.3 is 24.4 Å². The monoisotopic (exact) mass is 529 g/mol.